The first kappa shape index (κ1) is 18.5. The van der Waals surface area contributed by atoms with E-state index in [1.807, 2.05) is 24.4 Å². The number of rotatable bonds is 5. The van der Waals surface area contributed by atoms with E-state index in [-0.39, 0.29) is 0 Å². The van der Waals surface area contributed by atoms with Gasteiger partial charge in [-0.3, -0.25) is 4.98 Å². The third-order valence-corrected chi connectivity index (χ3v) is 7.59. The number of aromatic nitrogens is 2. The number of pyridine rings is 1. The average molecular weight is 404 g/mol. The van der Waals surface area contributed by atoms with E-state index in [0.717, 1.165) is 17.1 Å². The molecular weight excluding hydrogens is 383 g/mol. The van der Waals surface area contributed by atoms with Crippen molar-refractivity contribution in [1.82, 2.24) is 9.97 Å². The van der Waals surface area contributed by atoms with Crippen LogP contribution in [0.25, 0.3) is 22.6 Å². The lowest BCUT2D eigenvalue weighted by Crippen LogP contribution is -2.22. The van der Waals surface area contributed by atoms with Crippen LogP contribution >= 0.6 is 7.92 Å². The highest BCUT2D eigenvalue weighted by atomic mass is 31.1. The van der Waals surface area contributed by atoms with Crippen molar-refractivity contribution in [1.29, 1.82) is 0 Å². The molecule has 5 aromatic rings. The van der Waals surface area contributed by atoms with Crippen LogP contribution in [0.1, 0.15) is 0 Å². The first-order valence-corrected chi connectivity index (χ1v) is 11.3. The van der Waals surface area contributed by atoms with E-state index in [1.54, 1.807) is 0 Å². The first-order chi connectivity index (χ1) is 14.9. The molecule has 0 fully saturated rings. The summed E-state index contributed by atoms with van der Waals surface area (Å²) in [7, 11) is -0.671. The summed E-state index contributed by atoms with van der Waals surface area (Å²) in [6.07, 6.45) is 1.83. The maximum Gasteiger partial charge on any atom is 0.0864 e. The van der Waals surface area contributed by atoms with Crippen molar-refractivity contribution >= 4 is 23.8 Å². The summed E-state index contributed by atoms with van der Waals surface area (Å²) in [5, 5.41) is 4.05. The van der Waals surface area contributed by atoms with Gasteiger partial charge in [0.05, 0.1) is 11.4 Å². The monoisotopic (exact) mass is 404 g/mol. The second-order valence-electron chi connectivity index (χ2n) is 7.02. The number of H-pyrrole nitrogens is 1. The van der Waals surface area contributed by atoms with E-state index in [2.05, 4.69) is 107 Å². The van der Waals surface area contributed by atoms with Crippen LogP contribution < -0.4 is 15.9 Å². The molecule has 0 aliphatic carbocycles. The molecular formula is C27H21N2P. The SMILES string of the molecule is c1ccc(P(c2ccccc2)c2ccccc2-c2ccc(-c3ccccn3)[nH]2)cc1. The van der Waals surface area contributed by atoms with Crippen LogP contribution in [-0.2, 0) is 0 Å². The highest BCUT2D eigenvalue weighted by molar-refractivity contribution is 7.80. The average Bonchev–Trinajstić information content (AvgIpc) is 3.32. The van der Waals surface area contributed by atoms with Crippen LogP contribution in [0.4, 0.5) is 0 Å². The van der Waals surface area contributed by atoms with E-state index < -0.39 is 7.92 Å². The van der Waals surface area contributed by atoms with Crippen molar-refractivity contribution in [3.8, 4) is 22.6 Å². The Morgan fingerprint density at radius 2 is 1.13 bits per heavy atom. The summed E-state index contributed by atoms with van der Waals surface area (Å²) < 4.78 is 0. The van der Waals surface area contributed by atoms with Gasteiger partial charge in [-0.1, -0.05) is 91.0 Å². The van der Waals surface area contributed by atoms with Crippen LogP contribution in [0.2, 0.25) is 0 Å². The Bertz CT molecular complexity index is 1190. The van der Waals surface area contributed by atoms with Gasteiger partial charge in [-0.15, -0.1) is 0 Å². The molecule has 30 heavy (non-hydrogen) atoms. The van der Waals surface area contributed by atoms with Crippen molar-refractivity contribution in [3.63, 3.8) is 0 Å². The number of nitrogens with one attached hydrogen (secondary N) is 1. The number of benzene rings is 3. The fraction of sp³-hybridized carbons (Fsp3) is 0. The zero-order valence-electron chi connectivity index (χ0n) is 16.4. The molecule has 1 N–H and O–H groups in total. The molecule has 0 bridgehead atoms. The Hall–Kier alpha value is -3.48. The highest BCUT2D eigenvalue weighted by Crippen LogP contribution is 2.37. The molecule has 0 aliphatic rings. The van der Waals surface area contributed by atoms with E-state index in [9.17, 15) is 0 Å². The van der Waals surface area contributed by atoms with Gasteiger partial charge in [-0.05, 0) is 48.1 Å². The number of aromatic amines is 1. The Balaban J connectivity index is 1.64. The van der Waals surface area contributed by atoms with Crippen molar-refractivity contribution in [3.05, 3.63) is 121 Å². The quantitative estimate of drug-likeness (QED) is 0.385. The summed E-state index contributed by atoms with van der Waals surface area (Å²) in [4.78, 5) is 8.07. The molecule has 3 aromatic carbocycles. The van der Waals surface area contributed by atoms with Crippen molar-refractivity contribution in [2.75, 3.05) is 0 Å². The van der Waals surface area contributed by atoms with E-state index >= 15 is 0 Å². The van der Waals surface area contributed by atoms with Crippen LogP contribution in [-0.4, -0.2) is 9.97 Å². The van der Waals surface area contributed by atoms with Gasteiger partial charge in [-0.25, -0.2) is 0 Å². The molecule has 0 atom stereocenters. The van der Waals surface area contributed by atoms with Crippen LogP contribution in [0.3, 0.4) is 0 Å². The molecule has 0 spiro atoms. The number of hydrogen-bond acceptors (Lipinski definition) is 1. The minimum Gasteiger partial charge on any atom is -0.353 e. The lowest BCUT2D eigenvalue weighted by Gasteiger charge is -2.22. The molecule has 3 heteroatoms. The zero-order valence-corrected chi connectivity index (χ0v) is 17.3. The minimum absolute atomic E-state index is 0.671. The second-order valence-corrected chi connectivity index (χ2v) is 9.21. The van der Waals surface area contributed by atoms with Crippen molar-refractivity contribution in [2.45, 2.75) is 0 Å². The molecule has 2 heterocycles. The molecule has 2 nitrogen and oxygen atoms in total. The second kappa shape index (κ2) is 8.49. The third-order valence-electron chi connectivity index (χ3n) is 5.09. The molecule has 0 saturated carbocycles. The van der Waals surface area contributed by atoms with Crippen LogP contribution in [0.5, 0.6) is 0 Å². The molecule has 0 unspecified atom stereocenters. The summed E-state index contributed by atoms with van der Waals surface area (Å²) in [5.41, 5.74) is 4.34. The van der Waals surface area contributed by atoms with Gasteiger partial charge in [0.15, 0.2) is 0 Å². The molecule has 2 aromatic heterocycles. The van der Waals surface area contributed by atoms with Crippen LogP contribution in [0, 0.1) is 0 Å². The predicted molar refractivity (Wildman–Crippen MR) is 128 cm³/mol. The van der Waals surface area contributed by atoms with E-state index in [0.29, 0.717) is 0 Å². The third kappa shape index (κ3) is 3.70. The summed E-state index contributed by atoms with van der Waals surface area (Å²) >= 11 is 0. The van der Waals surface area contributed by atoms with E-state index in [4.69, 9.17) is 0 Å². The lowest BCUT2D eigenvalue weighted by atomic mass is 10.1. The maximum atomic E-state index is 4.48. The van der Waals surface area contributed by atoms with Gasteiger partial charge >= 0.3 is 0 Å². The summed E-state index contributed by atoms with van der Waals surface area (Å²) in [6.45, 7) is 0. The first-order valence-electron chi connectivity index (χ1n) is 10.0. The number of nitrogens with zero attached hydrogens (tertiary/aromatic N) is 1. The predicted octanol–water partition coefficient (Wildman–Crippen LogP) is 5.50. The van der Waals surface area contributed by atoms with E-state index in [1.165, 1.54) is 21.5 Å². The molecule has 0 amide bonds. The fourth-order valence-corrected chi connectivity index (χ4v) is 6.17. The topological polar surface area (TPSA) is 28.7 Å². The molecule has 0 radical (unpaired) electrons. The standard InChI is InChI=1S/C27H21N2P/c1-3-11-21(12-4-1)30(22-13-5-2-6-14-22)27-17-8-7-15-23(27)24-18-19-26(29-24)25-16-9-10-20-28-25/h1-20,29H. The summed E-state index contributed by atoms with van der Waals surface area (Å²) in [5.74, 6) is 0. The van der Waals surface area contributed by atoms with Gasteiger partial charge in [0, 0.05) is 17.5 Å². The zero-order chi connectivity index (χ0) is 20.2. The highest BCUT2D eigenvalue weighted by Gasteiger charge is 2.20. The summed E-state index contributed by atoms with van der Waals surface area (Å²) in [6, 6.07) is 40.6. The van der Waals surface area contributed by atoms with Gasteiger partial charge in [0.2, 0.25) is 0 Å². The Morgan fingerprint density at radius 3 is 1.80 bits per heavy atom. The van der Waals surface area contributed by atoms with Gasteiger partial charge in [0.1, 0.15) is 0 Å². The minimum atomic E-state index is -0.671. The molecule has 0 saturated heterocycles. The van der Waals surface area contributed by atoms with Crippen molar-refractivity contribution < 1.29 is 0 Å². The van der Waals surface area contributed by atoms with Gasteiger partial charge in [-0.2, -0.15) is 0 Å². The Kier molecular flexibility index (Phi) is 5.25. The lowest BCUT2D eigenvalue weighted by molar-refractivity contribution is 1.28. The molecule has 5 rings (SSSR count). The Labute approximate surface area is 178 Å². The van der Waals surface area contributed by atoms with Gasteiger partial charge < -0.3 is 4.98 Å². The van der Waals surface area contributed by atoms with Crippen molar-refractivity contribution in [2.24, 2.45) is 0 Å². The fourth-order valence-electron chi connectivity index (χ4n) is 3.70. The van der Waals surface area contributed by atoms with Crippen LogP contribution in [0.15, 0.2) is 121 Å². The maximum absolute atomic E-state index is 4.48. The van der Waals surface area contributed by atoms with Gasteiger partial charge in [0.25, 0.3) is 0 Å². The molecule has 0 aliphatic heterocycles. The molecule has 144 valence electrons. The largest absolute Gasteiger partial charge is 0.353 e. The number of hydrogen-bond donors (Lipinski definition) is 1. The normalized spacial score (nSPS) is 11.0. The smallest absolute Gasteiger partial charge is 0.0864 e. The Morgan fingerprint density at radius 1 is 0.533 bits per heavy atom.